The maximum atomic E-state index is 12.1. The van der Waals surface area contributed by atoms with Crippen molar-refractivity contribution in [3.63, 3.8) is 0 Å². The van der Waals surface area contributed by atoms with Crippen molar-refractivity contribution in [1.82, 2.24) is 0 Å². The van der Waals surface area contributed by atoms with Gasteiger partial charge in [0.2, 0.25) is 5.75 Å². The SMILES string of the molecule is CCc1cc(=O)oc2c3c(ccc12)OCN(c1cc(OC)c(OC)c(OC)c1)C3. The van der Waals surface area contributed by atoms with Gasteiger partial charge < -0.3 is 28.3 Å². The molecule has 1 aliphatic rings. The summed E-state index contributed by atoms with van der Waals surface area (Å²) < 4.78 is 27.9. The van der Waals surface area contributed by atoms with E-state index < -0.39 is 0 Å². The molecule has 3 aromatic rings. The molecular formula is C22H23NO6. The topological polar surface area (TPSA) is 70.4 Å². The van der Waals surface area contributed by atoms with Gasteiger partial charge in [0.15, 0.2) is 18.2 Å². The molecule has 4 rings (SSSR count). The summed E-state index contributed by atoms with van der Waals surface area (Å²) in [5.41, 5.74) is 2.87. The first-order valence-electron chi connectivity index (χ1n) is 9.36. The largest absolute Gasteiger partial charge is 0.493 e. The van der Waals surface area contributed by atoms with Crippen LogP contribution in [0.25, 0.3) is 11.0 Å². The summed E-state index contributed by atoms with van der Waals surface area (Å²) >= 11 is 0. The Bertz CT molecular complexity index is 1100. The average Bonchev–Trinajstić information content (AvgIpc) is 2.76. The molecule has 0 spiro atoms. The molecule has 0 unspecified atom stereocenters. The van der Waals surface area contributed by atoms with Crippen LogP contribution in [0.5, 0.6) is 23.0 Å². The van der Waals surface area contributed by atoms with Crippen molar-refractivity contribution in [2.75, 3.05) is 33.0 Å². The minimum absolute atomic E-state index is 0.342. The Labute approximate surface area is 168 Å². The fourth-order valence-corrected chi connectivity index (χ4v) is 3.71. The molecule has 0 radical (unpaired) electrons. The third kappa shape index (κ3) is 3.22. The highest BCUT2D eigenvalue weighted by Crippen LogP contribution is 2.42. The predicted octanol–water partition coefficient (Wildman–Crippen LogP) is 3.74. The summed E-state index contributed by atoms with van der Waals surface area (Å²) in [5.74, 6) is 2.37. The van der Waals surface area contributed by atoms with E-state index >= 15 is 0 Å². The van der Waals surface area contributed by atoms with Gasteiger partial charge in [0, 0.05) is 29.3 Å². The van der Waals surface area contributed by atoms with Gasteiger partial charge in [-0.05, 0) is 24.1 Å². The van der Waals surface area contributed by atoms with Gasteiger partial charge in [0.25, 0.3) is 0 Å². The molecule has 152 valence electrons. The quantitative estimate of drug-likeness (QED) is 0.608. The van der Waals surface area contributed by atoms with Crippen LogP contribution in [0.4, 0.5) is 5.69 Å². The number of nitrogens with zero attached hydrogens (tertiary/aromatic N) is 1. The number of hydrogen-bond donors (Lipinski definition) is 0. The number of methoxy groups -OCH3 is 3. The van der Waals surface area contributed by atoms with Crippen molar-refractivity contribution < 1.29 is 23.4 Å². The van der Waals surface area contributed by atoms with Gasteiger partial charge in [0.1, 0.15) is 11.3 Å². The normalized spacial score (nSPS) is 13.0. The molecule has 1 aliphatic heterocycles. The summed E-state index contributed by atoms with van der Waals surface area (Å²) in [5, 5.41) is 0.932. The molecule has 1 aromatic heterocycles. The molecule has 0 N–H and O–H groups in total. The summed E-state index contributed by atoms with van der Waals surface area (Å²) in [7, 11) is 4.73. The second kappa shape index (κ2) is 7.58. The number of benzene rings is 2. The van der Waals surface area contributed by atoms with Gasteiger partial charge in [-0.15, -0.1) is 0 Å². The zero-order valence-corrected chi connectivity index (χ0v) is 16.9. The molecule has 0 atom stereocenters. The van der Waals surface area contributed by atoms with Crippen LogP contribution in [0, 0.1) is 0 Å². The smallest absolute Gasteiger partial charge is 0.336 e. The monoisotopic (exact) mass is 397 g/mol. The fourth-order valence-electron chi connectivity index (χ4n) is 3.71. The first kappa shape index (κ1) is 19.0. The van der Waals surface area contributed by atoms with Gasteiger partial charge in [0.05, 0.1) is 33.4 Å². The molecule has 2 aromatic carbocycles. The molecule has 0 amide bonds. The first-order valence-corrected chi connectivity index (χ1v) is 9.36. The predicted molar refractivity (Wildman–Crippen MR) is 110 cm³/mol. The number of rotatable bonds is 5. The molecule has 0 saturated heterocycles. The lowest BCUT2D eigenvalue weighted by Crippen LogP contribution is -2.32. The third-order valence-corrected chi connectivity index (χ3v) is 5.18. The van der Waals surface area contributed by atoms with Crippen LogP contribution < -0.4 is 29.5 Å². The van der Waals surface area contributed by atoms with Crippen LogP contribution in [0.15, 0.2) is 39.5 Å². The zero-order valence-electron chi connectivity index (χ0n) is 16.9. The van der Waals surface area contributed by atoms with Gasteiger partial charge >= 0.3 is 5.63 Å². The average molecular weight is 397 g/mol. The number of ether oxygens (including phenoxy) is 4. The minimum Gasteiger partial charge on any atom is -0.493 e. The Kier molecular flexibility index (Phi) is 4.96. The van der Waals surface area contributed by atoms with Crippen LogP contribution in [0.2, 0.25) is 0 Å². The Hall–Kier alpha value is -3.35. The van der Waals surface area contributed by atoms with Crippen molar-refractivity contribution in [2.45, 2.75) is 19.9 Å². The van der Waals surface area contributed by atoms with Crippen LogP contribution in [0.3, 0.4) is 0 Å². The summed E-state index contributed by atoms with van der Waals surface area (Å²) in [6.07, 6.45) is 0.748. The number of anilines is 1. The molecule has 0 bridgehead atoms. The molecule has 7 nitrogen and oxygen atoms in total. The Morgan fingerprint density at radius 2 is 1.76 bits per heavy atom. The van der Waals surface area contributed by atoms with E-state index in [9.17, 15) is 4.79 Å². The second-order valence-corrected chi connectivity index (χ2v) is 6.72. The van der Waals surface area contributed by atoms with Crippen LogP contribution in [-0.2, 0) is 13.0 Å². The maximum absolute atomic E-state index is 12.1. The van der Waals surface area contributed by atoms with Crippen molar-refractivity contribution in [2.24, 2.45) is 0 Å². The maximum Gasteiger partial charge on any atom is 0.336 e. The van der Waals surface area contributed by atoms with Gasteiger partial charge in [-0.2, -0.15) is 0 Å². The lowest BCUT2D eigenvalue weighted by atomic mass is 10.0. The number of fused-ring (bicyclic) bond motifs is 3. The van der Waals surface area contributed by atoms with Gasteiger partial charge in [-0.25, -0.2) is 4.79 Å². The minimum atomic E-state index is -0.354. The molecular weight excluding hydrogens is 374 g/mol. The van der Waals surface area contributed by atoms with E-state index in [1.54, 1.807) is 27.4 Å². The van der Waals surface area contributed by atoms with E-state index in [4.69, 9.17) is 23.4 Å². The van der Waals surface area contributed by atoms with Crippen molar-refractivity contribution in [3.8, 4) is 23.0 Å². The third-order valence-electron chi connectivity index (χ3n) is 5.18. The first-order chi connectivity index (χ1) is 14.1. The van der Waals surface area contributed by atoms with Gasteiger partial charge in [-0.3, -0.25) is 0 Å². The van der Waals surface area contributed by atoms with E-state index in [2.05, 4.69) is 0 Å². The summed E-state index contributed by atoms with van der Waals surface area (Å²) in [6.45, 7) is 2.88. The van der Waals surface area contributed by atoms with Gasteiger partial charge in [-0.1, -0.05) is 6.92 Å². The molecule has 2 heterocycles. The van der Waals surface area contributed by atoms with E-state index in [-0.39, 0.29) is 5.63 Å². The van der Waals surface area contributed by atoms with E-state index in [1.165, 1.54) is 0 Å². The van der Waals surface area contributed by atoms with Crippen LogP contribution in [-0.4, -0.2) is 28.1 Å². The van der Waals surface area contributed by atoms with E-state index in [0.29, 0.717) is 36.1 Å². The summed E-state index contributed by atoms with van der Waals surface area (Å²) in [6, 6.07) is 9.17. The second-order valence-electron chi connectivity index (χ2n) is 6.72. The molecule has 7 heteroatoms. The Morgan fingerprint density at radius 3 is 2.38 bits per heavy atom. The van der Waals surface area contributed by atoms with Crippen molar-refractivity contribution in [1.29, 1.82) is 0 Å². The highest BCUT2D eigenvalue weighted by atomic mass is 16.5. The number of hydrogen-bond acceptors (Lipinski definition) is 7. The van der Waals surface area contributed by atoms with E-state index in [1.807, 2.05) is 36.1 Å². The van der Waals surface area contributed by atoms with Crippen molar-refractivity contribution in [3.05, 3.63) is 51.9 Å². The Morgan fingerprint density at radius 1 is 1.03 bits per heavy atom. The van der Waals surface area contributed by atoms with E-state index in [0.717, 1.165) is 34.4 Å². The summed E-state index contributed by atoms with van der Waals surface area (Å²) in [4.78, 5) is 14.1. The number of aryl methyl sites for hydroxylation is 1. The highest BCUT2D eigenvalue weighted by molar-refractivity contribution is 5.86. The molecule has 0 aliphatic carbocycles. The van der Waals surface area contributed by atoms with Crippen molar-refractivity contribution >= 4 is 16.7 Å². The van der Waals surface area contributed by atoms with Crippen LogP contribution in [0.1, 0.15) is 18.1 Å². The standard InChI is InChI=1S/C22H23NO6/c1-5-13-8-20(24)29-21-15(13)6-7-17-16(21)11-23(12-28-17)14-9-18(25-2)22(27-4)19(10-14)26-3/h6-10H,5,11-12H2,1-4H3. The molecule has 29 heavy (non-hydrogen) atoms. The lowest BCUT2D eigenvalue weighted by molar-refractivity contribution is 0.288. The Balaban J connectivity index is 1.81. The lowest BCUT2D eigenvalue weighted by Gasteiger charge is -2.31. The van der Waals surface area contributed by atoms with Crippen LogP contribution >= 0.6 is 0 Å². The zero-order chi connectivity index (χ0) is 20.5. The molecule has 0 saturated carbocycles. The fraction of sp³-hybridized carbons (Fsp3) is 0.318. The molecule has 0 fully saturated rings. The highest BCUT2D eigenvalue weighted by Gasteiger charge is 2.24.